The lowest BCUT2D eigenvalue weighted by molar-refractivity contribution is -0.137. The lowest BCUT2D eigenvalue weighted by Gasteiger charge is -2.09. The number of benzene rings is 1. The highest BCUT2D eigenvalue weighted by atomic mass is 35.5. The fraction of sp³-hybridized carbons (Fsp3) is 0.0833. The van der Waals surface area contributed by atoms with Crippen molar-refractivity contribution in [1.29, 1.82) is 0 Å². The fourth-order valence-electron chi connectivity index (χ4n) is 1.51. The van der Waals surface area contributed by atoms with Gasteiger partial charge in [-0.05, 0) is 30.3 Å². The van der Waals surface area contributed by atoms with Gasteiger partial charge in [0.15, 0.2) is 5.76 Å². The molecule has 0 bridgehead atoms. The molecule has 2 rings (SSSR count). The van der Waals surface area contributed by atoms with Crippen LogP contribution in [0.1, 0.15) is 16.1 Å². The molecule has 1 heterocycles. The Morgan fingerprint density at radius 2 is 1.89 bits per heavy atom. The van der Waals surface area contributed by atoms with Gasteiger partial charge in [0.2, 0.25) is 0 Å². The van der Waals surface area contributed by atoms with Crippen LogP contribution in [0.2, 0.25) is 5.02 Å². The number of primary amides is 1. The predicted octanol–water partition coefficient (Wildman–Crippen LogP) is 3.72. The molecule has 1 aromatic heterocycles. The summed E-state index contributed by atoms with van der Waals surface area (Å²) in [6, 6.07) is 5.44. The molecule has 0 aliphatic carbocycles. The molecule has 7 heteroatoms. The molecule has 0 spiro atoms. The molecule has 0 fully saturated rings. The van der Waals surface area contributed by atoms with Gasteiger partial charge in [-0.2, -0.15) is 13.2 Å². The van der Waals surface area contributed by atoms with Gasteiger partial charge in [0.1, 0.15) is 5.76 Å². The third-order valence-electron chi connectivity index (χ3n) is 2.41. The summed E-state index contributed by atoms with van der Waals surface area (Å²) < 4.78 is 42.9. The van der Waals surface area contributed by atoms with Crippen LogP contribution in [-0.2, 0) is 6.18 Å². The first-order valence-electron chi connectivity index (χ1n) is 5.06. The van der Waals surface area contributed by atoms with E-state index in [9.17, 15) is 18.0 Å². The number of alkyl halides is 3. The Hall–Kier alpha value is -1.95. The first-order chi connectivity index (χ1) is 8.79. The predicted molar refractivity (Wildman–Crippen MR) is 62.7 cm³/mol. The van der Waals surface area contributed by atoms with Gasteiger partial charge in [0, 0.05) is 5.56 Å². The molecule has 1 aromatic carbocycles. The second kappa shape index (κ2) is 4.62. The number of halogens is 4. The van der Waals surface area contributed by atoms with E-state index < -0.39 is 17.6 Å². The van der Waals surface area contributed by atoms with Crippen LogP contribution in [0.15, 0.2) is 34.7 Å². The second-order valence-electron chi connectivity index (χ2n) is 3.72. The number of rotatable bonds is 2. The number of nitrogens with two attached hydrogens (primary N) is 1. The maximum Gasteiger partial charge on any atom is 0.416 e. The molecular formula is C12H7ClF3NO2. The van der Waals surface area contributed by atoms with Crippen molar-refractivity contribution >= 4 is 17.5 Å². The quantitative estimate of drug-likeness (QED) is 0.916. The van der Waals surface area contributed by atoms with Crippen LogP contribution in [0.5, 0.6) is 0 Å². The highest BCUT2D eigenvalue weighted by Crippen LogP contribution is 2.36. The number of amides is 1. The Bertz CT molecular complexity index is 634. The summed E-state index contributed by atoms with van der Waals surface area (Å²) >= 11 is 5.83. The summed E-state index contributed by atoms with van der Waals surface area (Å²) in [6.45, 7) is 0. The van der Waals surface area contributed by atoms with Gasteiger partial charge in [-0.25, -0.2) is 0 Å². The number of carbonyl (C=O) groups is 1. The molecule has 0 unspecified atom stereocenters. The van der Waals surface area contributed by atoms with Crippen LogP contribution in [0.3, 0.4) is 0 Å². The van der Waals surface area contributed by atoms with Crippen molar-refractivity contribution < 1.29 is 22.4 Å². The molecule has 0 radical (unpaired) electrons. The molecule has 3 nitrogen and oxygen atoms in total. The molecule has 0 atom stereocenters. The van der Waals surface area contributed by atoms with E-state index in [0.29, 0.717) is 0 Å². The SMILES string of the molecule is NC(=O)c1ccc(-c2cc(C(F)(F)F)ccc2Cl)o1. The minimum atomic E-state index is -4.49. The fourth-order valence-corrected chi connectivity index (χ4v) is 1.72. The summed E-state index contributed by atoms with van der Waals surface area (Å²) in [6.07, 6.45) is -4.49. The van der Waals surface area contributed by atoms with Crippen molar-refractivity contribution in [2.24, 2.45) is 5.73 Å². The van der Waals surface area contributed by atoms with Crippen LogP contribution in [0, 0.1) is 0 Å². The van der Waals surface area contributed by atoms with E-state index in [2.05, 4.69) is 0 Å². The van der Waals surface area contributed by atoms with Crippen molar-refractivity contribution in [3.05, 3.63) is 46.7 Å². The third-order valence-corrected chi connectivity index (χ3v) is 2.74. The average Bonchev–Trinajstić information content (AvgIpc) is 2.77. The third kappa shape index (κ3) is 2.73. The summed E-state index contributed by atoms with van der Waals surface area (Å²) in [5.41, 5.74) is 4.18. The molecule has 0 aliphatic rings. The molecule has 0 saturated heterocycles. The lowest BCUT2D eigenvalue weighted by Crippen LogP contribution is -2.09. The van der Waals surface area contributed by atoms with Crippen molar-refractivity contribution in [3.8, 4) is 11.3 Å². The largest absolute Gasteiger partial charge is 0.451 e. The summed E-state index contributed by atoms with van der Waals surface area (Å²) in [7, 11) is 0. The van der Waals surface area contributed by atoms with E-state index in [4.69, 9.17) is 21.8 Å². The van der Waals surface area contributed by atoms with Gasteiger partial charge in [-0.1, -0.05) is 11.6 Å². The van der Waals surface area contributed by atoms with Crippen LogP contribution < -0.4 is 5.73 Å². The van der Waals surface area contributed by atoms with Gasteiger partial charge in [-0.3, -0.25) is 4.79 Å². The lowest BCUT2D eigenvalue weighted by atomic mass is 10.1. The second-order valence-corrected chi connectivity index (χ2v) is 4.13. The van der Waals surface area contributed by atoms with Gasteiger partial charge in [0.05, 0.1) is 10.6 Å². The molecule has 2 N–H and O–H groups in total. The van der Waals surface area contributed by atoms with Crippen LogP contribution in [-0.4, -0.2) is 5.91 Å². The Labute approximate surface area is 110 Å². The van der Waals surface area contributed by atoms with Crippen molar-refractivity contribution in [3.63, 3.8) is 0 Å². The molecule has 100 valence electrons. The van der Waals surface area contributed by atoms with Crippen molar-refractivity contribution in [2.45, 2.75) is 6.18 Å². The molecular weight excluding hydrogens is 283 g/mol. The Kier molecular flexibility index (Phi) is 3.28. The zero-order valence-corrected chi connectivity index (χ0v) is 10.0. The number of hydrogen-bond donors (Lipinski definition) is 1. The van der Waals surface area contributed by atoms with Crippen LogP contribution in [0.25, 0.3) is 11.3 Å². The zero-order valence-electron chi connectivity index (χ0n) is 9.29. The Balaban J connectivity index is 2.51. The van der Waals surface area contributed by atoms with E-state index >= 15 is 0 Å². The van der Waals surface area contributed by atoms with E-state index in [-0.39, 0.29) is 22.1 Å². The highest BCUT2D eigenvalue weighted by molar-refractivity contribution is 6.33. The Morgan fingerprint density at radius 3 is 2.42 bits per heavy atom. The van der Waals surface area contributed by atoms with Gasteiger partial charge >= 0.3 is 6.18 Å². The van der Waals surface area contributed by atoms with Crippen molar-refractivity contribution in [1.82, 2.24) is 0 Å². The normalized spacial score (nSPS) is 11.6. The Morgan fingerprint density at radius 1 is 1.21 bits per heavy atom. The van der Waals surface area contributed by atoms with Gasteiger partial charge < -0.3 is 10.2 Å². The van der Waals surface area contributed by atoms with E-state index in [1.165, 1.54) is 12.1 Å². The minimum Gasteiger partial charge on any atom is -0.451 e. The summed E-state index contributed by atoms with van der Waals surface area (Å²) in [4.78, 5) is 10.9. The van der Waals surface area contributed by atoms with Crippen LogP contribution >= 0.6 is 11.6 Å². The molecule has 0 aliphatic heterocycles. The average molecular weight is 290 g/mol. The monoisotopic (exact) mass is 289 g/mol. The summed E-state index contributed by atoms with van der Waals surface area (Å²) in [5, 5.41) is 0.0818. The highest BCUT2D eigenvalue weighted by Gasteiger charge is 2.31. The minimum absolute atomic E-state index is 0.0454. The van der Waals surface area contributed by atoms with E-state index in [1.54, 1.807) is 0 Å². The maximum atomic E-state index is 12.6. The number of hydrogen-bond acceptors (Lipinski definition) is 2. The molecule has 1 amide bonds. The first-order valence-corrected chi connectivity index (χ1v) is 5.43. The van der Waals surface area contributed by atoms with Gasteiger partial charge in [0.25, 0.3) is 5.91 Å². The number of carbonyl (C=O) groups excluding carboxylic acids is 1. The van der Waals surface area contributed by atoms with E-state index in [0.717, 1.165) is 18.2 Å². The zero-order chi connectivity index (χ0) is 14.2. The van der Waals surface area contributed by atoms with Crippen molar-refractivity contribution in [2.75, 3.05) is 0 Å². The first kappa shape index (κ1) is 13.5. The smallest absolute Gasteiger partial charge is 0.416 e. The topological polar surface area (TPSA) is 56.2 Å². The van der Waals surface area contributed by atoms with E-state index in [1.807, 2.05) is 0 Å². The maximum absolute atomic E-state index is 12.6. The molecule has 2 aromatic rings. The summed E-state index contributed by atoms with van der Waals surface area (Å²) in [5.74, 6) is -0.914. The standard InChI is InChI=1S/C12H7ClF3NO2/c13-8-2-1-6(12(14,15)16)5-7(8)9-3-4-10(19-9)11(17)18/h1-5H,(H2,17,18). The van der Waals surface area contributed by atoms with Crippen LogP contribution in [0.4, 0.5) is 13.2 Å². The molecule has 0 saturated carbocycles. The van der Waals surface area contributed by atoms with Gasteiger partial charge in [-0.15, -0.1) is 0 Å². The molecule has 19 heavy (non-hydrogen) atoms. The number of furan rings is 1.